The molecular formula is C14H27N3O3. The lowest BCUT2D eigenvalue weighted by Gasteiger charge is -2.30. The maximum absolute atomic E-state index is 12.4. The van der Waals surface area contributed by atoms with E-state index in [1.807, 2.05) is 0 Å². The van der Waals surface area contributed by atoms with E-state index in [-0.39, 0.29) is 18.3 Å². The molecular weight excluding hydrogens is 258 g/mol. The molecule has 1 fully saturated rings. The van der Waals surface area contributed by atoms with Gasteiger partial charge in [0.2, 0.25) is 5.91 Å². The molecule has 0 atom stereocenters. The van der Waals surface area contributed by atoms with Gasteiger partial charge in [0.05, 0.1) is 20.1 Å². The summed E-state index contributed by atoms with van der Waals surface area (Å²) in [7, 11) is 1.37. The monoisotopic (exact) mass is 285 g/mol. The average molecular weight is 285 g/mol. The minimum absolute atomic E-state index is 0.101. The van der Waals surface area contributed by atoms with E-state index < -0.39 is 0 Å². The van der Waals surface area contributed by atoms with Crippen LogP contribution in [0.2, 0.25) is 0 Å². The third-order valence-corrected chi connectivity index (χ3v) is 3.32. The first-order valence-corrected chi connectivity index (χ1v) is 7.30. The molecule has 1 rings (SSSR count). The van der Waals surface area contributed by atoms with E-state index in [9.17, 15) is 9.59 Å². The van der Waals surface area contributed by atoms with Gasteiger partial charge in [-0.05, 0) is 5.92 Å². The number of esters is 1. The van der Waals surface area contributed by atoms with Crippen molar-refractivity contribution < 1.29 is 14.3 Å². The summed E-state index contributed by atoms with van der Waals surface area (Å²) in [6.45, 7) is 9.37. The van der Waals surface area contributed by atoms with Gasteiger partial charge in [-0.15, -0.1) is 0 Å². The first kappa shape index (κ1) is 16.9. The summed E-state index contributed by atoms with van der Waals surface area (Å²) in [5.41, 5.74) is 0. The normalized spacial score (nSPS) is 16.2. The molecule has 0 aromatic heterocycles. The summed E-state index contributed by atoms with van der Waals surface area (Å²) >= 11 is 0. The van der Waals surface area contributed by atoms with Crippen LogP contribution in [-0.4, -0.2) is 74.6 Å². The number of nitrogens with zero attached hydrogens (tertiary/aromatic N) is 2. The molecule has 1 aliphatic rings. The van der Waals surface area contributed by atoms with Crippen LogP contribution in [-0.2, 0) is 14.3 Å². The van der Waals surface area contributed by atoms with Crippen molar-refractivity contribution in [3.8, 4) is 0 Å². The Kier molecular flexibility index (Phi) is 7.54. The van der Waals surface area contributed by atoms with Crippen molar-refractivity contribution in [3.63, 3.8) is 0 Å². The quantitative estimate of drug-likeness (QED) is 0.664. The standard InChI is InChI=1S/C14H27N3O3/c1-12(2)10-17(7-4-14(19)20-3)13(18)11-16-8-5-15-6-9-16/h12,15H,4-11H2,1-3H3. The molecule has 0 aromatic carbocycles. The number of nitrogens with one attached hydrogen (secondary N) is 1. The van der Waals surface area contributed by atoms with E-state index in [1.165, 1.54) is 7.11 Å². The van der Waals surface area contributed by atoms with Gasteiger partial charge in [-0.1, -0.05) is 13.8 Å². The minimum Gasteiger partial charge on any atom is -0.469 e. The zero-order chi connectivity index (χ0) is 15.0. The third kappa shape index (κ3) is 6.34. The summed E-state index contributed by atoms with van der Waals surface area (Å²) < 4.78 is 4.64. The number of hydrogen-bond donors (Lipinski definition) is 1. The van der Waals surface area contributed by atoms with E-state index in [0.717, 1.165) is 26.2 Å². The summed E-state index contributed by atoms with van der Waals surface area (Å²) in [6.07, 6.45) is 0.260. The second-order valence-electron chi connectivity index (χ2n) is 5.59. The molecule has 116 valence electrons. The molecule has 0 aromatic rings. The van der Waals surface area contributed by atoms with E-state index >= 15 is 0 Å². The van der Waals surface area contributed by atoms with Gasteiger partial charge < -0.3 is 15.0 Å². The van der Waals surface area contributed by atoms with E-state index in [0.29, 0.717) is 25.6 Å². The summed E-state index contributed by atoms with van der Waals surface area (Å²) in [6, 6.07) is 0. The van der Waals surface area contributed by atoms with Gasteiger partial charge in [0.1, 0.15) is 0 Å². The highest BCUT2D eigenvalue weighted by molar-refractivity contribution is 5.79. The molecule has 0 saturated carbocycles. The van der Waals surface area contributed by atoms with Crippen molar-refractivity contribution in [2.24, 2.45) is 5.92 Å². The van der Waals surface area contributed by atoms with Crippen LogP contribution in [0.25, 0.3) is 0 Å². The fourth-order valence-corrected chi connectivity index (χ4v) is 2.25. The molecule has 0 bridgehead atoms. The van der Waals surface area contributed by atoms with Crippen molar-refractivity contribution in [2.75, 3.05) is 52.9 Å². The number of piperazine rings is 1. The van der Waals surface area contributed by atoms with Gasteiger partial charge in [-0.3, -0.25) is 14.5 Å². The Hall–Kier alpha value is -1.14. The van der Waals surface area contributed by atoms with Crippen molar-refractivity contribution >= 4 is 11.9 Å². The number of amides is 1. The Bertz CT molecular complexity index is 315. The van der Waals surface area contributed by atoms with Gasteiger partial charge in [-0.25, -0.2) is 0 Å². The Labute approximate surface area is 121 Å². The molecule has 1 amide bonds. The van der Waals surface area contributed by atoms with Crippen LogP contribution in [0, 0.1) is 5.92 Å². The Morgan fingerprint density at radius 2 is 1.95 bits per heavy atom. The summed E-state index contributed by atoms with van der Waals surface area (Å²) in [5.74, 6) is 0.220. The lowest BCUT2D eigenvalue weighted by Crippen LogP contribution is -2.49. The van der Waals surface area contributed by atoms with Crippen LogP contribution in [0.1, 0.15) is 20.3 Å². The van der Waals surface area contributed by atoms with E-state index in [1.54, 1.807) is 4.90 Å². The first-order chi connectivity index (χ1) is 9.52. The van der Waals surface area contributed by atoms with E-state index in [2.05, 4.69) is 28.8 Å². The number of carbonyl (C=O) groups excluding carboxylic acids is 2. The van der Waals surface area contributed by atoms with Gasteiger partial charge in [0.15, 0.2) is 0 Å². The number of rotatable bonds is 7. The Morgan fingerprint density at radius 1 is 1.30 bits per heavy atom. The average Bonchev–Trinajstić information content (AvgIpc) is 2.43. The van der Waals surface area contributed by atoms with Crippen LogP contribution in [0.4, 0.5) is 0 Å². The number of hydrogen-bond acceptors (Lipinski definition) is 5. The highest BCUT2D eigenvalue weighted by atomic mass is 16.5. The van der Waals surface area contributed by atoms with Crippen molar-refractivity contribution in [1.82, 2.24) is 15.1 Å². The fraction of sp³-hybridized carbons (Fsp3) is 0.857. The van der Waals surface area contributed by atoms with Crippen LogP contribution in [0.3, 0.4) is 0 Å². The smallest absolute Gasteiger partial charge is 0.307 e. The molecule has 0 spiro atoms. The summed E-state index contributed by atoms with van der Waals surface area (Å²) in [4.78, 5) is 27.5. The highest BCUT2D eigenvalue weighted by Crippen LogP contribution is 2.03. The molecule has 1 aliphatic heterocycles. The van der Waals surface area contributed by atoms with Crippen LogP contribution in [0.15, 0.2) is 0 Å². The zero-order valence-corrected chi connectivity index (χ0v) is 12.9. The van der Waals surface area contributed by atoms with Crippen LogP contribution < -0.4 is 5.32 Å². The molecule has 0 radical (unpaired) electrons. The molecule has 20 heavy (non-hydrogen) atoms. The Balaban J connectivity index is 2.47. The topological polar surface area (TPSA) is 61.9 Å². The molecule has 6 heteroatoms. The van der Waals surface area contributed by atoms with Crippen molar-refractivity contribution in [3.05, 3.63) is 0 Å². The maximum Gasteiger partial charge on any atom is 0.307 e. The van der Waals surface area contributed by atoms with Gasteiger partial charge in [-0.2, -0.15) is 0 Å². The molecule has 1 heterocycles. The largest absolute Gasteiger partial charge is 0.469 e. The van der Waals surface area contributed by atoms with E-state index in [4.69, 9.17) is 0 Å². The summed E-state index contributed by atoms with van der Waals surface area (Å²) in [5, 5.41) is 3.27. The predicted octanol–water partition coefficient (Wildman–Crippen LogP) is -0.0607. The molecule has 0 unspecified atom stereocenters. The fourth-order valence-electron chi connectivity index (χ4n) is 2.25. The van der Waals surface area contributed by atoms with Crippen LogP contribution in [0.5, 0.6) is 0 Å². The van der Waals surface area contributed by atoms with Gasteiger partial charge in [0, 0.05) is 39.3 Å². The number of methoxy groups -OCH3 is 1. The highest BCUT2D eigenvalue weighted by Gasteiger charge is 2.20. The zero-order valence-electron chi connectivity index (χ0n) is 12.9. The maximum atomic E-state index is 12.4. The minimum atomic E-state index is -0.270. The van der Waals surface area contributed by atoms with Crippen molar-refractivity contribution in [1.29, 1.82) is 0 Å². The lowest BCUT2D eigenvalue weighted by molar-refractivity contribution is -0.142. The third-order valence-electron chi connectivity index (χ3n) is 3.32. The Morgan fingerprint density at radius 3 is 2.50 bits per heavy atom. The SMILES string of the molecule is COC(=O)CCN(CC(C)C)C(=O)CN1CCNCC1. The molecule has 1 N–H and O–H groups in total. The van der Waals surface area contributed by atoms with Gasteiger partial charge >= 0.3 is 5.97 Å². The molecule has 1 saturated heterocycles. The number of carbonyl (C=O) groups is 2. The number of ether oxygens (including phenoxy) is 1. The first-order valence-electron chi connectivity index (χ1n) is 7.30. The second-order valence-corrected chi connectivity index (χ2v) is 5.59. The lowest BCUT2D eigenvalue weighted by atomic mass is 10.2. The molecule has 6 nitrogen and oxygen atoms in total. The molecule has 0 aliphatic carbocycles. The predicted molar refractivity (Wildman–Crippen MR) is 77.4 cm³/mol. The van der Waals surface area contributed by atoms with Crippen LogP contribution >= 0.6 is 0 Å². The van der Waals surface area contributed by atoms with Gasteiger partial charge in [0.25, 0.3) is 0 Å². The van der Waals surface area contributed by atoms with Crippen molar-refractivity contribution in [2.45, 2.75) is 20.3 Å². The second kappa shape index (κ2) is 8.92.